The number of halogens is 1. The zero-order chi connectivity index (χ0) is 10.1. The van der Waals surface area contributed by atoms with Crippen molar-refractivity contribution in [2.45, 2.75) is 6.54 Å². The molecular weight excluding hydrogens is 206 g/mol. The highest BCUT2D eigenvalue weighted by Crippen LogP contribution is 2.39. The summed E-state index contributed by atoms with van der Waals surface area (Å²) in [6.45, 7) is 0.601. The third-order valence-corrected chi connectivity index (χ3v) is 2.18. The fourth-order valence-electron chi connectivity index (χ4n) is 1.38. The van der Waals surface area contributed by atoms with E-state index in [9.17, 15) is 0 Å². The van der Waals surface area contributed by atoms with Crippen LogP contribution in [0.15, 0.2) is 12.1 Å². The first-order valence-electron chi connectivity index (χ1n) is 4.15. The molecule has 1 aliphatic heterocycles. The highest BCUT2D eigenvalue weighted by molar-refractivity contribution is 6.32. The van der Waals surface area contributed by atoms with Gasteiger partial charge in [-0.1, -0.05) is 11.6 Å². The van der Waals surface area contributed by atoms with Crippen LogP contribution in [0.5, 0.6) is 11.5 Å². The molecule has 0 fully saturated rings. The topological polar surface area (TPSA) is 41.9 Å². The third kappa shape index (κ3) is 1.77. The van der Waals surface area contributed by atoms with Gasteiger partial charge in [-0.2, -0.15) is 5.06 Å². The zero-order valence-electron chi connectivity index (χ0n) is 7.66. The second kappa shape index (κ2) is 3.65. The van der Waals surface area contributed by atoms with E-state index in [1.165, 1.54) is 0 Å². The Labute approximate surface area is 86.6 Å². The van der Waals surface area contributed by atoms with Crippen LogP contribution < -0.4 is 9.47 Å². The van der Waals surface area contributed by atoms with Crippen molar-refractivity contribution in [1.82, 2.24) is 5.06 Å². The van der Waals surface area contributed by atoms with E-state index < -0.39 is 0 Å². The Hall–Kier alpha value is -0.970. The van der Waals surface area contributed by atoms with Gasteiger partial charge in [0.1, 0.15) is 0 Å². The van der Waals surface area contributed by atoms with Crippen molar-refractivity contribution in [1.29, 1.82) is 0 Å². The van der Waals surface area contributed by atoms with Gasteiger partial charge >= 0.3 is 0 Å². The highest BCUT2D eigenvalue weighted by atomic mass is 35.5. The number of nitrogens with zero attached hydrogens (tertiary/aromatic N) is 1. The molecule has 4 nitrogen and oxygen atoms in total. The Morgan fingerprint density at radius 3 is 3.00 bits per heavy atom. The minimum absolute atomic E-state index is 0.202. The average molecular weight is 216 g/mol. The Kier molecular flexibility index (Phi) is 2.50. The first-order chi connectivity index (χ1) is 6.66. The molecule has 1 heterocycles. The number of hydroxylamine groups is 2. The van der Waals surface area contributed by atoms with Crippen molar-refractivity contribution in [3.63, 3.8) is 0 Å². The minimum atomic E-state index is 0.202. The molecule has 0 amide bonds. The summed E-state index contributed by atoms with van der Waals surface area (Å²) in [5, 5.41) is 10.7. The van der Waals surface area contributed by atoms with Gasteiger partial charge in [-0.15, -0.1) is 0 Å². The maximum atomic E-state index is 9.06. The average Bonchev–Trinajstić information content (AvgIpc) is 2.50. The van der Waals surface area contributed by atoms with Gasteiger partial charge in [0.05, 0.1) is 5.02 Å². The SMILES string of the molecule is CN(O)Cc1cc(Cl)c2c(c1)OCO2. The molecule has 1 aliphatic rings. The monoisotopic (exact) mass is 215 g/mol. The molecule has 0 bridgehead atoms. The molecular formula is C9H10ClNO3. The molecule has 0 aromatic heterocycles. The summed E-state index contributed by atoms with van der Waals surface area (Å²) >= 11 is 5.95. The Bertz CT molecular complexity index is 354. The lowest BCUT2D eigenvalue weighted by Gasteiger charge is -2.09. The standard InChI is InChI=1S/C9H10ClNO3/c1-11(12)4-6-2-7(10)9-8(3-6)13-5-14-9/h2-3,12H,4-5H2,1H3. The molecule has 1 aromatic rings. The van der Waals surface area contributed by atoms with Gasteiger partial charge < -0.3 is 14.7 Å². The molecule has 2 rings (SSSR count). The van der Waals surface area contributed by atoms with Crippen molar-refractivity contribution < 1.29 is 14.7 Å². The van der Waals surface area contributed by atoms with E-state index in [0.29, 0.717) is 23.1 Å². The summed E-state index contributed by atoms with van der Waals surface area (Å²) in [7, 11) is 1.57. The molecule has 0 saturated carbocycles. The summed E-state index contributed by atoms with van der Waals surface area (Å²) in [6.07, 6.45) is 0. The molecule has 0 unspecified atom stereocenters. The number of rotatable bonds is 2. The van der Waals surface area contributed by atoms with Crippen molar-refractivity contribution >= 4 is 11.6 Å². The largest absolute Gasteiger partial charge is 0.454 e. The molecule has 1 aromatic carbocycles. The molecule has 76 valence electrons. The number of benzene rings is 1. The maximum absolute atomic E-state index is 9.06. The molecule has 0 aliphatic carbocycles. The first-order valence-corrected chi connectivity index (χ1v) is 4.52. The van der Waals surface area contributed by atoms with Crippen LogP contribution in [0.1, 0.15) is 5.56 Å². The van der Waals surface area contributed by atoms with Crippen LogP contribution in [0.4, 0.5) is 0 Å². The fraction of sp³-hybridized carbons (Fsp3) is 0.333. The summed E-state index contributed by atoms with van der Waals surface area (Å²) in [6, 6.07) is 3.56. The van der Waals surface area contributed by atoms with Gasteiger partial charge in [0.2, 0.25) is 6.79 Å². The minimum Gasteiger partial charge on any atom is -0.454 e. The molecule has 0 atom stereocenters. The van der Waals surface area contributed by atoms with E-state index in [1.54, 1.807) is 19.2 Å². The zero-order valence-corrected chi connectivity index (χ0v) is 8.41. The van der Waals surface area contributed by atoms with E-state index in [4.69, 9.17) is 26.3 Å². The van der Waals surface area contributed by atoms with Crippen LogP contribution >= 0.6 is 11.6 Å². The quantitative estimate of drug-likeness (QED) is 0.765. The van der Waals surface area contributed by atoms with E-state index >= 15 is 0 Å². The van der Waals surface area contributed by atoms with Gasteiger partial charge in [0.25, 0.3) is 0 Å². The van der Waals surface area contributed by atoms with Gasteiger partial charge in [-0.25, -0.2) is 0 Å². The Morgan fingerprint density at radius 1 is 1.50 bits per heavy atom. The van der Waals surface area contributed by atoms with Gasteiger partial charge in [0.15, 0.2) is 11.5 Å². The summed E-state index contributed by atoms with van der Waals surface area (Å²) in [5.74, 6) is 1.21. The highest BCUT2D eigenvalue weighted by Gasteiger charge is 2.18. The second-order valence-electron chi connectivity index (χ2n) is 3.13. The van der Waals surface area contributed by atoms with E-state index in [2.05, 4.69) is 0 Å². The van der Waals surface area contributed by atoms with Crippen molar-refractivity contribution in [3.05, 3.63) is 22.7 Å². The van der Waals surface area contributed by atoms with Crippen molar-refractivity contribution in [2.75, 3.05) is 13.8 Å². The lowest BCUT2D eigenvalue weighted by atomic mass is 10.2. The summed E-state index contributed by atoms with van der Waals surface area (Å²) in [5.41, 5.74) is 0.879. The molecule has 5 heteroatoms. The lowest BCUT2D eigenvalue weighted by molar-refractivity contribution is -0.0731. The second-order valence-corrected chi connectivity index (χ2v) is 3.53. The number of hydrogen-bond donors (Lipinski definition) is 1. The third-order valence-electron chi connectivity index (χ3n) is 1.90. The van der Waals surface area contributed by atoms with Crippen LogP contribution in [0.3, 0.4) is 0 Å². The van der Waals surface area contributed by atoms with Crippen LogP contribution in [-0.4, -0.2) is 24.1 Å². The van der Waals surface area contributed by atoms with E-state index in [1.807, 2.05) is 0 Å². The molecule has 0 saturated heterocycles. The number of ether oxygens (including phenoxy) is 2. The van der Waals surface area contributed by atoms with Crippen LogP contribution in [0, 0.1) is 0 Å². The number of fused-ring (bicyclic) bond motifs is 1. The summed E-state index contributed by atoms with van der Waals surface area (Å²) < 4.78 is 10.4. The molecule has 0 radical (unpaired) electrons. The predicted molar refractivity (Wildman–Crippen MR) is 50.8 cm³/mol. The number of hydrogen-bond acceptors (Lipinski definition) is 4. The van der Waals surface area contributed by atoms with Crippen LogP contribution in [0.25, 0.3) is 0 Å². The van der Waals surface area contributed by atoms with Gasteiger partial charge in [0, 0.05) is 13.6 Å². The summed E-state index contributed by atoms with van der Waals surface area (Å²) in [4.78, 5) is 0. The predicted octanol–water partition coefficient (Wildman–Crippen LogP) is 1.89. The lowest BCUT2D eigenvalue weighted by Crippen LogP contribution is -2.11. The molecule has 14 heavy (non-hydrogen) atoms. The Morgan fingerprint density at radius 2 is 2.29 bits per heavy atom. The van der Waals surface area contributed by atoms with Gasteiger partial charge in [-0.3, -0.25) is 0 Å². The normalized spacial score (nSPS) is 13.7. The van der Waals surface area contributed by atoms with Gasteiger partial charge in [-0.05, 0) is 17.7 Å². The van der Waals surface area contributed by atoms with E-state index in [0.717, 1.165) is 10.6 Å². The van der Waals surface area contributed by atoms with E-state index in [-0.39, 0.29) is 6.79 Å². The first kappa shape index (κ1) is 9.58. The molecule has 1 N–H and O–H groups in total. The van der Waals surface area contributed by atoms with Crippen molar-refractivity contribution in [2.24, 2.45) is 0 Å². The maximum Gasteiger partial charge on any atom is 0.231 e. The van der Waals surface area contributed by atoms with Crippen LogP contribution in [0.2, 0.25) is 5.02 Å². The van der Waals surface area contributed by atoms with Crippen LogP contribution in [-0.2, 0) is 6.54 Å². The smallest absolute Gasteiger partial charge is 0.231 e. The Balaban J connectivity index is 2.32. The fourth-order valence-corrected chi connectivity index (χ4v) is 1.66. The van der Waals surface area contributed by atoms with Crippen molar-refractivity contribution in [3.8, 4) is 11.5 Å². The molecule has 0 spiro atoms.